The van der Waals surface area contributed by atoms with E-state index in [9.17, 15) is 0 Å². The first-order valence-electron chi connectivity index (χ1n) is 5.98. The van der Waals surface area contributed by atoms with Gasteiger partial charge in [-0.25, -0.2) is 0 Å². The van der Waals surface area contributed by atoms with Crippen molar-refractivity contribution in [2.45, 2.75) is 37.9 Å². The number of rotatable bonds is 0. The molecule has 0 bridgehead atoms. The molecule has 3 atom stereocenters. The van der Waals surface area contributed by atoms with Crippen molar-refractivity contribution in [3.8, 4) is 0 Å². The molecule has 0 spiro atoms. The van der Waals surface area contributed by atoms with E-state index in [2.05, 4.69) is 43.8 Å². The van der Waals surface area contributed by atoms with Gasteiger partial charge in [-0.2, -0.15) is 11.8 Å². The van der Waals surface area contributed by atoms with Gasteiger partial charge in [-0.15, -0.1) is 0 Å². The molecule has 0 nitrogen and oxygen atoms in total. The van der Waals surface area contributed by atoms with E-state index in [1.54, 1.807) is 16.7 Å². The minimum absolute atomic E-state index is 0.771. The highest BCUT2D eigenvalue weighted by atomic mass is 32.2. The predicted molar refractivity (Wildman–Crippen MR) is 67.5 cm³/mol. The second-order valence-corrected chi connectivity index (χ2v) is 6.12. The van der Waals surface area contributed by atoms with Crippen LogP contribution >= 0.6 is 11.8 Å². The average Bonchev–Trinajstić information content (AvgIpc) is 2.45. The first-order valence-corrected chi connectivity index (χ1v) is 7.14. The molecule has 1 heterocycles. The van der Waals surface area contributed by atoms with Crippen molar-refractivity contribution < 1.29 is 0 Å². The molecular formula is C14H18S. The van der Waals surface area contributed by atoms with Crippen molar-refractivity contribution in [3.63, 3.8) is 0 Å². The molecule has 1 aromatic rings. The van der Waals surface area contributed by atoms with Gasteiger partial charge >= 0.3 is 0 Å². The van der Waals surface area contributed by atoms with E-state index in [0.717, 1.165) is 17.8 Å². The Balaban J connectivity index is 2.19. The molecule has 1 aliphatic heterocycles. The molecule has 3 unspecified atom stereocenters. The third kappa shape index (κ3) is 1.36. The maximum atomic E-state index is 2.44. The molecule has 1 heteroatoms. The second kappa shape index (κ2) is 3.55. The van der Waals surface area contributed by atoms with Crippen LogP contribution in [0.1, 0.15) is 48.8 Å². The highest BCUT2D eigenvalue weighted by molar-refractivity contribution is 7.98. The summed E-state index contributed by atoms with van der Waals surface area (Å²) in [7, 11) is 0. The van der Waals surface area contributed by atoms with Crippen LogP contribution in [0, 0.1) is 5.92 Å². The summed E-state index contributed by atoms with van der Waals surface area (Å²) in [4.78, 5) is 0. The maximum Gasteiger partial charge on any atom is 0.0187 e. The standard InChI is InChI=1S/C14H18S/c1-9-10(2)13-6-7-15-8-11-4-3-5-12(9)14(11)13/h3-5,9-10,13H,6-8H2,1-2H3. The molecule has 1 aliphatic carbocycles. The molecule has 1 aromatic carbocycles. The lowest BCUT2D eigenvalue weighted by Gasteiger charge is -2.17. The van der Waals surface area contributed by atoms with Crippen LogP contribution in [0.3, 0.4) is 0 Å². The smallest absolute Gasteiger partial charge is 0.0187 e. The fourth-order valence-corrected chi connectivity index (χ4v) is 4.34. The average molecular weight is 218 g/mol. The molecule has 0 amide bonds. The van der Waals surface area contributed by atoms with Crippen molar-refractivity contribution in [2.24, 2.45) is 5.92 Å². The lowest BCUT2D eigenvalue weighted by molar-refractivity contribution is 0.434. The zero-order valence-electron chi connectivity index (χ0n) is 9.49. The van der Waals surface area contributed by atoms with Gasteiger partial charge in [0.25, 0.3) is 0 Å². The summed E-state index contributed by atoms with van der Waals surface area (Å²) in [6.45, 7) is 4.84. The van der Waals surface area contributed by atoms with Gasteiger partial charge in [0, 0.05) is 5.75 Å². The van der Waals surface area contributed by atoms with Crippen molar-refractivity contribution in [2.75, 3.05) is 5.75 Å². The van der Waals surface area contributed by atoms with Gasteiger partial charge in [-0.1, -0.05) is 32.0 Å². The van der Waals surface area contributed by atoms with Gasteiger partial charge in [0.15, 0.2) is 0 Å². The zero-order valence-corrected chi connectivity index (χ0v) is 10.3. The van der Waals surface area contributed by atoms with Gasteiger partial charge in [0.1, 0.15) is 0 Å². The Kier molecular flexibility index (Phi) is 2.31. The quantitative estimate of drug-likeness (QED) is 0.630. The summed E-state index contributed by atoms with van der Waals surface area (Å²) in [6, 6.07) is 6.95. The molecule has 0 fully saturated rings. The first kappa shape index (κ1) is 9.77. The first-order chi connectivity index (χ1) is 7.29. The van der Waals surface area contributed by atoms with Crippen LogP contribution in [0.5, 0.6) is 0 Å². The maximum absolute atomic E-state index is 2.44. The Morgan fingerprint density at radius 2 is 2.13 bits per heavy atom. The lowest BCUT2D eigenvalue weighted by atomic mass is 9.87. The van der Waals surface area contributed by atoms with Gasteiger partial charge in [0.05, 0.1) is 0 Å². The van der Waals surface area contributed by atoms with Gasteiger partial charge in [-0.05, 0) is 46.6 Å². The summed E-state index contributed by atoms with van der Waals surface area (Å²) in [6.07, 6.45) is 1.39. The monoisotopic (exact) mass is 218 g/mol. The Hall–Kier alpha value is -0.430. The largest absolute Gasteiger partial charge is 0.157 e. The third-order valence-corrected chi connectivity index (χ3v) is 5.39. The van der Waals surface area contributed by atoms with Crippen LogP contribution in [0.15, 0.2) is 18.2 Å². The summed E-state index contributed by atoms with van der Waals surface area (Å²) in [5, 5.41) is 0. The molecule has 3 rings (SSSR count). The number of benzene rings is 1. The van der Waals surface area contributed by atoms with Crippen molar-refractivity contribution in [3.05, 3.63) is 34.9 Å². The van der Waals surface area contributed by atoms with Gasteiger partial charge in [0.2, 0.25) is 0 Å². The van der Waals surface area contributed by atoms with Gasteiger partial charge < -0.3 is 0 Å². The van der Waals surface area contributed by atoms with Crippen LogP contribution in [0.2, 0.25) is 0 Å². The van der Waals surface area contributed by atoms with Crippen molar-refractivity contribution in [1.82, 2.24) is 0 Å². The van der Waals surface area contributed by atoms with Crippen LogP contribution in [-0.4, -0.2) is 5.75 Å². The van der Waals surface area contributed by atoms with Crippen LogP contribution in [-0.2, 0) is 5.75 Å². The molecule has 0 saturated heterocycles. The van der Waals surface area contributed by atoms with Gasteiger partial charge in [-0.3, -0.25) is 0 Å². The fourth-order valence-electron chi connectivity index (χ4n) is 3.30. The van der Waals surface area contributed by atoms with E-state index < -0.39 is 0 Å². The summed E-state index contributed by atoms with van der Waals surface area (Å²) < 4.78 is 0. The molecule has 80 valence electrons. The Morgan fingerprint density at radius 1 is 1.27 bits per heavy atom. The topological polar surface area (TPSA) is 0 Å². The minimum Gasteiger partial charge on any atom is -0.157 e. The third-order valence-electron chi connectivity index (χ3n) is 4.35. The lowest BCUT2D eigenvalue weighted by Crippen LogP contribution is -2.06. The summed E-state index contributed by atoms with van der Waals surface area (Å²) in [5.41, 5.74) is 4.99. The van der Waals surface area contributed by atoms with E-state index in [-0.39, 0.29) is 0 Å². The fraction of sp³-hybridized carbons (Fsp3) is 0.571. The normalized spacial score (nSPS) is 33.6. The molecule has 15 heavy (non-hydrogen) atoms. The van der Waals surface area contributed by atoms with Crippen molar-refractivity contribution in [1.29, 1.82) is 0 Å². The highest BCUT2D eigenvalue weighted by Crippen LogP contribution is 2.51. The Bertz CT molecular complexity index is 383. The molecule has 0 radical (unpaired) electrons. The van der Waals surface area contributed by atoms with E-state index in [4.69, 9.17) is 0 Å². The highest BCUT2D eigenvalue weighted by Gasteiger charge is 2.37. The second-order valence-electron chi connectivity index (χ2n) is 5.02. The number of thioether (sulfide) groups is 1. The summed E-state index contributed by atoms with van der Waals surface area (Å²) >= 11 is 2.11. The van der Waals surface area contributed by atoms with Crippen LogP contribution < -0.4 is 0 Å². The van der Waals surface area contributed by atoms with E-state index in [1.807, 2.05) is 0 Å². The molecule has 0 aromatic heterocycles. The van der Waals surface area contributed by atoms with E-state index >= 15 is 0 Å². The molecular weight excluding hydrogens is 200 g/mol. The predicted octanol–water partition coefficient (Wildman–Crippen LogP) is 4.16. The Labute approximate surface area is 96.5 Å². The number of hydrogen-bond donors (Lipinski definition) is 0. The Morgan fingerprint density at radius 3 is 3.00 bits per heavy atom. The SMILES string of the molecule is CC1c2cccc3c2C(CCSC3)C1C. The van der Waals surface area contributed by atoms with E-state index in [1.165, 1.54) is 17.9 Å². The molecule has 0 N–H and O–H groups in total. The minimum atomic E-state index is 0.771. The summed E-state index contributed by atoms with van der Waals surface area (Å²) in [5.74, 6) is 5.05. The van der Waals surface area contributed by atoms with Crippen LogP contribution in [0.4, 0.5) is 0 Å². The van der Waals surface area contributed by atoms with E-state index in [0.29, 0.717) is 0 Å². The molecule has 2 aliphatic rings. The zero-order chi connectivity index (χ0) is 10.4. The van der Waals surface area contributed by atoms with Crippen molar-refractivity contribution >= 4 is 11.8 Å². The molecule has 0 saturated carbocycles. The van der Waals surface area contributed by atoms with Crippen LogP contribution in [0.25, 0.3) is 0 Å². The number of hydrogen-bond acceptors (Lipinski definition) is 1.